The number of aliphatic imine (C=N–C) groups is 1. The zero-order valence-electron chi connectivity index (χ0n) is 15.0. The summed E-state index contributed by atoms with van der Waals surface area (Å²) in [6, 6.07) is 3.17. The highest BCUT2D eigenvalue weighted by atomic mass is 35.5. The van der Waals surface area contributed by atoms with Crippen molar-refractivity contribution in [2.45, 2.75) is 38.8 Å². The molecule has 1 aliphatic rings. The lowest BCUT2D eigenvalue weighted by Gasteiger charge is -2.28. The Morgan fingerprint density at radius 1 is 1.46 bits per heavy atom. The van der Waals surface area contributed by atoms with Gasteiger partial charge in [0.1, 0.15) is 11.7 Å². The van der Waals surface area contributed by atoms with E-state index in [1.165, 1.54) is 25.3 Å². The molecular weight excluding hydrogens is 359 g/mol. The number of benzene rings is 1. The van der Waals surface area contributed by atoms with E-state index in [2.05, 4.69) is 9.84 Å². The maximum absolute atomic E-state index is 13.5. The average Bonchev–Trinajstić information content (AvgIpc) is 2.54. The molecule has 0 aliphatic carbocycles. The summed E-state index contributed by atoms with van der Waals surface area (Å²) in [6.07, 6.45) is -0.346. The monoisotopic (exact) mass is 378 g/mol. The van der Waals surface area contributed by atoms with Gasteiger partial charge in [0.2, 0.25) is 0 Å². The first-order valence-electron chi connectivity index (χ1n) is 8.09. The summed E-state index contributed by atoms with van der Waals surface area (Å²) in [4.78, 5) is 20.8. The van der Waals surface area contributed by atoms with Gasteiger partial charge >= 0.3 is 5.97 Å². The van der Waals surface area contributed by atoms with Gasteiger partial charge in [0.05, 0.1) is 29.7 Å². The van der Waals surface area contributed by atoms with Crippen molar-refractivity contribution >= 4 is 23.3 Å². The van der Waals surface area contributed by atoms with Gasteiger partial charge in [0.15, 0.2) is 0 Å². The first kappa shape index (κ1) is 20.1. The van der Waals surface area contributed by atoms with Gasteiger partial charge < -0.3 is 14.3 Å². The van der Waals surface area contributed by atoms with E-state index < -0.39 is 23.7 Å². The number of esters is 1. The summed E-state index contributed by atoms with van der Waals surface area (Å²) in [5.74, 6) is -1.79. The number of nitrogens with zero attached hydrogens (tertiary/aromatic N) is 2. The maximum atomic E-state index is 13.5. The molecule has 0 bridgehead atoms. The van der Waals surface area contributed by atoms with E-state index in [1.807, 2.05) is 0 Å². The lowest BCUT2D eigenvalue weighted by atomic mass is 9.80. The Labute approximate surface area is 157 Å². The highest BCUT2D eigenvalue weighted by molar-refractivity contribution is 6.31. The third-order valence-corrected chi connectivity index (χ3v) is 4.28. The lowest BCUT2D eigenvalue weighted by molar-refractivity contribution is -0.143. The molecule has 1 aromatic carbocycles. The van der Waals surface area contributed by atoms with E-state index in [1.54, 1.807) is 20.8 Å². The van der Waals surface area contributed by atoms with Crippen LogP contribution in [0.4, 0.5) is 4.39 Å². The number of ether oxygens (including phenoxy) is 2. The van der Waals surface area contributed by atoms with Gasteiger partial charge in [-0.1, -0.05) is 17.7 Å². The molecule has 1 aromatic rings. The molecule has 26 heavy (non-hydrogen) atoms. The summed E-state index contributed by atoms with van der Waals surface area (Å²) in [6.45, 7) is 12.8. The van der Waals surface area contributed by atoms with Crippen LogP contribution in [0.1, 0.15) is 32.3 Å². The number of hydrogen-bond acceptors (Lipinski definition) is 4. The van der Waals surface area contributed by atoms with E-state index in [4.69, 9.17) is 27.6 Å². The largest absolute Gasteiger partial charge is 0.460 e. The molecule has 0 amide bonds. The lowest BCUT2D eigenvalue weighted by Crippen LogP contribution is -2.34. The van der Waals surface area contributed by atoms with Crippen molar-refractivity contribution in [1.82, 2.24) is 0 Å². The summed E-state index contributed by atoms with van der Waals surface area (Å²) in [5.41, 5.74) is 1.63. The SMILES string of the molecule is [C-]#[N+]C1C(C)=NC(COC)=C(C(=O)OC(C)C)C1c1ccc(F)cc1Cl. The molecule has 2 atom stereocenters. The Kier molecular flexibility index (Phi) is 6.52. The molecule has 0 spiro atoms. The second kappa shape index (κ2) is 8.43. The summed E-state index contributed by atoms with van der Waals surface area (Å²) in [5, 5.41) is 0.143. The first-order valence-corrected chi connectivity index (χ1v) is 8.47. The van der Waals surface area contributed by atoms with Gasteiger partial charge in [-0.25, -0.2) is 15.8 Å². The Morgan fingerprint density at radius 3 is 2.69 bits per heavy atom. The summed E-state index contributed by atoms with van der Waals surface area (Å²) >= 11 is 6.24. The smallest absolute Gasteiger partial charge is 0.337 e. The second-order valence-corrected chi connectivity index (χ2v) is 6.63. The van der Waals surface area contributed by atoms with Crippen LogP contribution in [-0.4, -0.2) is 37.5 Å². The molecule has 1 aliphatic heterocycles. The highest BCUT2D eigenvalue weighted by Gasteiger charge is 2.43. The molecule has 1 heterocycles. The molecule has 2 rings (SSSR count). The Bertz CT molecular complexity index is 811. The predicted molar refractivity (Wildman–Crippen MR) is 97.8 cm³/mol. The molecule has 2 unspecified atom stereocenters. The van der Waals surface area contributed by atoms with Crippen molar-refractivity contribution in [3.8, 4) is 0 Å². The quantitative estimate of drug-likeness (QED) is 0.570. The molecule has 5 nitrogen and oxygen atoms in total. The van der Waals surface area contributed by atoms with Crippen LogP contribution in [0.5, 0.6) is 0 Å². The van der Waals surface area contributed by atoms with Gasteiger partial charge in [-0.05, 0) is 38.5 Å². The minimum atomic E-state index is -0.742. The Balaban J connectivity index is 2.70. The van der Waals surface area contributed by atoms with Crippen LogP contribution in [0.15, 0.2) is 34.5 Å². The van der Waals surface area contributed by atoms with Crippen molar-refractivity contribution in [3.63, 3.8) is 0 Å². The molecular formula is C19H20ClFN2O3. The summed E-state index contributed by atoms with van der Waals surface area (Å²) < 4.78 is 24.0. The van der Waals surface area contributed by atoms with Gasteiger partial charge in [-0.2, -0.15) is 0 Å². The van der Waals surface area contributed by atoms with E-state index in [-0.39, 0.29) is 23.3 Å². The third-order valence-electron chi connectivity index (χ3n) is 3.96. The number of carbonyl (C=O) groups is 1. The minimum absolute atomic E-state index is 0.0832. The topological polar surface area (TPSA) is 52.2 Å². The highest BCUT2D eigenvalue weighted by Crippen LogP contribution is 2.40. The predicted octanol–water partition coefficient (Wildman–Crippen LogP) is 4.18. The van der Waals surface area contributed by atoms with Crippen LogP contribution in [0.25, 0.3) is 4.85 Å². The fraction of sp³-hybridized carbons (Fsp3) is 0.421. The zero-order valence-corrected chi connectivity index (χ0v) is 15.8. The van der Waals surface area contributed by atoms with E-state index in [0.717, 1.165) is 0 Å². The molecule has 0 fully saturated rings. The van der Waals surface area contributed by atoms with Gasteiger partial charge in [-0.3, -0.25) is 4.99 Å². The second-order valence-electron chi connectivity index (χ2n) is 6.22. The van der Waals surface area contributed by atoms with Gasteiger partial charge in [-0.15, -0.1) is 0 Å². The van der Waals surface area contributed by atoms with Crippen LogP contribution < -0.4 is 0 Å². The average molecular weight is 379 g/mol. The van der Waals surface area contributed by atoms with E-state index in [9.17, 15) is 9.18 Å². The molecule has 0 saturated heterocycles. The van der Waals surface area contributed by atoms with Gasteiger partial charge in [0.25, 0.3) is 6.04 Å². The number of halogens is 2. The van der Waals surface area contributed by atoms with E-state index >= 15 is 0 Å². The standard InChI is InChI=1S/C19H20ClFN2O3/c1-10(2)26-19(24)17-15(9-25-5)23-11(3)18(22-4)16(17)13-7-6-12(21)8-14(13)20/h6-8,10,16,18H,9H2,1-3,5H3. The number of hydrogen-bond donors (Lipinski definition) is 0. The molecule has 0 saturated carbocycles. The Morgan fingerprint density at radius 2 is 2.15 bits per heavy atom. The maximum Gasteiger partial charge on any atom is 0.337 e. The van der Waals surface area contributed by atoms with Crippen molar-refractivity contribution in [2.24, 2.45) is 4.99 Å². The van der Waals surface area contributed by atoms with Crippen molar-refractivity contribution in [2.75, 3.05) is 13.7 Å². The molecule has 7 heteroatoms. The first-order chi connectivity index (χ1) is 12.3. The summed E-state index contributed by atoms with van der Waals surface area (Å²) in [7, 11) is 1.49. The molecule has 0 aromatic heterocycles. The van der Waals surface area contributed by atoms with Crippen molar-refractivity contribution in [3.05, 3.63) is 57.3 Å². The fourth-order valence-electron chi connectivity index (χ4n) is 2.93. The van der Waals surface area contributed by atoms with Crippen LogP contribution in [0.2, 0.25) is 5.02 Å². The van der Waals surface area contributed by atoms with E-state index in [0.29, 0.717) is 17.0 Å². The van der Waals surface area contributed by atoms with Crippen LogP contribution >= 0.6 is 11.6 Å². The Hall–Kier alpha value is -2.23. The van der Waals surface area contributed by atoms with Crippen molar-refractivity contribution < 1.29 is 18.7 Å². The zero-order chi connectivity index (χ0) is 19.4. The number of rotatable bonds is 5. The number of methoxy groups -OCH3 is 1. The van der Waals surface area contributed by atoms with Gasteiger partial charge in [0, 0.05) is 12.1 Å². The normalized spacial score (nSPS) is 20.0. The molecule has 0 N–H and O–H groups in total. The third kappa shape index (κ3) is 4.12. The molecule has 138 valence electrons. The van der Waals surface area contributed by atoms with Crippen LogP contribution in [0, 0.1) is 12.4 Å². The van der Waals surface area contributed by atoms with Crippen molar-refractivity contribution in [1.29, 1.82) is 0 Å². The number of carbonyl (C=O) groups excluding carboxylic acids is 1. The molecule has 0 radical (unpaired) electrons. The van der Waals surface area contributed by atoms with Crippen LogP contribution in [0.3, 0.4) is 0 Å². The fourth-order valence-corrected chi connectivity index (χ4v) is 3.22. The van der Waals surface area contributed by atoms with Crippen LogP contribution in [-0.2, 0) is 14.3 Å². The minimum Gasteiger partial charge on any atom is -0.460 e.